The average Bonchev–Trinajstić information content (AvgIpc) is 3.03. The van der Waals surface area contributed by atoms with Crippen LogP contribution in [-0.2, 0) is 6.54 Å². The van der Waals surface area contributed by atoms with E-state index < -0.39 is 0 Å². The van der Waals surface area contributed by atoms with Crippen molar-refractivity contribution in [2.75, 3.05) is 26.7 Å². The van der Waals surface area contributed by atoms with Crippen LogP contribution in [0.4, 0.5) is 0 Å². The first-order valence-corrected chi connectivity index (χ1v) is 8.80. The zero-order valence-corrected chi connectivity index (χ0v) is 16.7. The van der Waals surface area contributed by atoms with Crippen LogP contribution in [0.2, 0.25) is 5.02 Å². The van der Waals surface area contributed by atoms with E-state index in [4.69, 9.17) is 11.6 Å². The minimum Gasteiger partial charge on any atom is -0.299 e. The molecule has 2 fully saturated rings. The van der Waals surface area contributed by atoms with E-state index in [9.17, 15) is 0 Å². The summed E-state index contributed by atoms with van der Waals surface area (Å²) in [4.78, 5) is 5.14. The van der Waals surface area contributed by atoms with Gasteiger partial charge in [0.05, 0.1) is 0 Å². The van der Waals surface area contributed by atoms with Crippen molar-refractivity contribution in [2.24, 2.45) is 11.8 Å². The standard InChI is InChI=1S/C20H23ClN2.2ClH/c1-22-12-17-13-23(11-15-6-5-9-18(21)10-15)14-19(17)20(22)16-7-3-2-4-8-16;;/h2-10,17,19-20H,11-14H2,1H3;2*1H/t17-,19+,20-;;/m0../s1. The highest BCUT2D eigenvalue weighted by Gasteiger charge is 2.45. The normalized spacial score (nSPS) is 25.9. The monoisotopic (exact) mass is 398 g/mol. The molecule has 2 aromatic rings. The van der Waals surface area contributed by atoms with E-state index in [1.165, 1.54) is 30.8 Å². The lowest BCUT2D eigenvalue weighted by Gasteiger charge is -2.27. The van der Waals surface area contributed by atoms with Gasteiger partial charge in [0, 0.05) is 37.2 Å². The van der Waals surface area contributed by atoms with Crippen LogP contribution in [0.5, 0.6) is 0 Å². The van der Waals surface area contributed by atoms with Crippen LogP contribution in [-0.4, -0.2) is 36.5 Å². The van der Waals surface area contributed by atoms with E-state index in [1.807, 2.05) is 6.07 Å². The Morgan fingerprint density at radius 1 is 0.960 bits per heavy atom. The molecule has 2 nitrogen and oxygen atoms in total. The molecule has 4 rings (SSSR count). The molecular formula is C20H25Cl3N2. The lowest BCUT2D eigenvalue weighted by Crippen LogP contribution is -2.28. The van der Waals surface area contributed by atoms with Gasteiger partial charge in [0.25, 0.3) is 0 Å². The largest absolute Gasteiger partial charge is 0.299 e. The van der Waals surface area contributed by atoms with E-state index in [0.29, 0.717) is 6.04 Å². The maximum Gasteiger partial charge on any atom is 0.0409 e. The molecule has 3 atom stereocenters. The third-order valence-corrected chi connectivity index (χ3v) is 5.64. The Morgan fingerprint density at radius 3 is 2.44 bits per heavy atom. The number of hydrogen-bond acceptors (Lipinski definition) is 2. The molecule has 0 N–H and O–H groups in total. The fraction of sp³-hybridized carbons (Fsp3) is 0.400. The predicted octanol–water partition coefficient (Wildman–Crippen LogP) is 4.92. The van der Waals surface area contributed by atoms with E-state index in [2.05, 4.69) is 65.4 Å². The lowest BCUT2D eigenvalue weighted by molar-refractivity contribution is 0.224. The first-order chi connectivity index (χ1) is 11.2. The summed E-state index contributed by atoms with van der Waals surface area (Å²) in [6.45, 7) is 4.60. The fourth-order valence-electron chi connectivity index (χ4n) is 4.52. The first-order valence-electron chi connectivity index (χ1n) is 8.42. The van der Waals surface area contributed by atoms with Crippen LogP contribution < -0.4 is 0 Å². The van der Waals surface area contributed by atoms with Crippen LogP contribution in [0.25, 0.3) is 0 Å². The second-order valence-electron chi connectivity index (χ2n) is 7.04. The van der Waals surface area contributed by atoms with Gasteiger partial charge in [-0.15, -0.1) is 24.8 Å². The molecule has 0 radical (unpaired) electrons. The van der Waals surface area contributed by atoms with Gasteiger partial charge in [0.15, 0.2) is 0 Å². The summed E-state index contributed by atoms with van der Waals surface area (Å²) in [6, 6.07) is 19.8. The molecule has 5 heteroatoms. The van der Waals surface area contributed by atoms with Gasteiger partial charge in [0.1, 0.15) is 0 Å². The van der Waals surface area contributed by atoms with Gasteiger partial charge in [-0.1, -0.05) is 54.1 Å². The molecule has 25 heavy (non-hydrogen) atoms. The van der Waals surface area contributed by atoms with Crippen molar-refractivity contribution >= 4 is 36.4 Å². The second-order valence-corrected chi connectivity index (χ2v) is 7.48. The van der Waals surface area contributed by atoms with Gasteiger partial charge in [-0.3, -0.25) is 9.80 Å². The number of halogens is 3. The molecule has 2 aromatic carbocycles. The number of hydrogen-bond donors (Lipinski definition) is 0. The summed E-state index contributed by atoms with van der Waals surface area (Å²) in [5, 5.41) is 0.837. The molecule has 2 heterocycles. The van der Waals surface area contributed by atoms with Crippen LogP contribution in [0.15, 0.2) is 54.6 Å². The summed E-state index contributed by atoms with van der Waals surface area (Å²) in [6.07, 6.45) is 0. The summed E-state index contributed by atoms with van der Waals surface area (Å²) in [5.41, 5.74) is 2.79. The molecule has 2 aliphatic rings. The van der Waals surface area contributed by atoms with Crippen LogP contribution in [0.3, 0.4) is 0 Å². The highest BCUT2D eigenvalue weighted by molar-refractivity contribution is 6.30. The molecular weight excluding hydrogens is 375 g/mol. The predicted molar refractivity (Wildman–Crippen MR) is 110 cm³/mol. The highest BCUT2D eigenvalue weighted by atomic mass is 35.5. The molecule has 0 unspecified atom stereocenters. The van der Waals surface area contributed by atoms with Crippen molar-refractivity contribution in [2.45, 2.75) is 12.6 Å². The van der Waals surface area contributed by atoms with Gasteiger partial charge in [-0.25, -0.2) is 0 Å². The fourth-order valence-corrected chi connectivity index (χ4v) is 4.74. The Kier molecular flexibility index (Phi) is 7.19. The Labute approximate surface area is 168 Å². The van der Waals surface area contributed by atoms with Crippen molar-refractivity contribution in [3.63, 3.8) is 0 Å². The molecule has 136 valence electrons. The van der Waals surface area contributed by atoms with Gasteiger partial charge >= 0.3 is 0 Å². The molecule has 0 amide bonds. The zero-order chi connectivity index (χ0) is 15.8. The van der Waals surface area contributed by atoms with Crippen molar-refractivity contribution in [3.8, 4) is 0 Å². The Bertz CT molecular complexity index is 680. The van der Waals surface area contributed by atoms with E-state index in [1.54, 1.807) is 0 Å². The van der Waals surface area contributed by atoms with Gasteiger partial charge in [0.2, 0.25) is 0 Å². The molecule has 2 saturated heterocycles. The number of rotatable bonds is 3. The molecule has 0 aromatic heterocycles. The minimum atomic E-state index is 0. The van der Waals surface area contributed by atoms with E-state index in [0.717, 1.165) is 23.4 Å². The number of nitrogens with zero attached hydrogens (tertiary/aromatic N) is 2. The molecule has 2 aliphatic heterocycles. The zero-order valence-electron chi connectivity index (χ0n) is 14.3. The SMILES string of the molecule is CN1C[C@H]2CN(Cc3cccc(Cl)c3)C[C@H]2[C@@H]1c1ccccc1.Cl.Cl. The van der Waals surface area contributed by atoms with Crippen molar-refractivity contribution < 1.29 is 0 Å². The summed E-state index contributed by atoms with van der Waals surface area (Å²) < 4.78 is 0. The van der Waals surface area contributed by atoms with Crippen molar-refractivity contribution in [3.05, 3.63) is 70.7 Å². The minimum absolute atomic E-state index is 0. The lowest BCUT2D eigenvalue weighted by atomic mass is 9.90. The smallest absolute Gasteiger partial charge is 0.0409 e. The first kappa shape index (κ1) is 20.5. The Hall–Kier alpha value is -0.770. The second kappa shape index (κ2) is 8.75. The summed E-state index contributed by atoms with van der Waals surface area (Å²) in [7, 11) is 2.28. The van der Waals surface area contributed by atoms with Crippen LogP contribution in [0.1, 0.15) is 17.2 Å². The van der Waals surface area contributed by atoms with Gasteiger partial charge in [-0.05, 0) is 42.1 Å². The Balaban J connectivity index is 0.00000113. The molecule has 0 saturated carbocycles. The number of likely N-dealkylation sites (tertiary alicyclic amines) is 2. The third-order valence-electron chi connectivity index (χ3n) is 5.41. The quantitative estimate of drug-likeness (QED) is 0.723. The highest BCUT2D eigenvalue weighted by Crippen LogP contribution is 2.44. The molecule has 0 spiro atoms. The summed E-state index contributed by atoms with van der Waals surface area (Å²) >= 11 is 6.12. The molecule has 0 bridgehead atoms. The maximum atomic E-state index is 6.12. The Morgan fingerprint density at radius 2 is 1.72 bits per heavy atom. The molecule has 0 aliphatic carbocycles. The van der Waals surface area contributed by atoms with Crippen molar-refractivity contribution in [1.29, 1.82) is 0 Å². The van der Waals surface area contributed by atoms with Gasteiger partial charge < -0.3 is 0 Å². The van der Waals surface area contributed by atoms with E-state index >= 15 is 0 Å². The van der Waals surface area contributed by atoms with Crippen molar-refractivity contribution in [1.82, 2.24) is 9.80 Å². The van der Waals surface area contributed by atoms with Crippen LogP contribution >= 0.6 is 36.4 Å². The summed E-state index contributed by atoms with van der Waals surface area (Å²) in [5.74, 6) is 1.52. The van der Waals surface area contributed by atoms with Crippen LogP contribution in [0, 0.1) is 11.8 Å². The van der Waals surface area contributed by atoms with Gasteiger partial charge in [-0.2, -0.15) is 0 Å². The third kappa shape index (κ3) is 4.32. The van der Waals surface area contributed by atoms with E-state index in [-0.39, 0.29) is 24.8 Å². The number of benzene rings is 2. The maximum absolute atomic E-state index is 6.12. The number of fused-ring (bicyclic) bond motifs is 1. The average molecular weight is 400 g/mol. The topological polar surface area (TPSA) is 6.48 Å².